The van der Waals surface area contributed by atoms with Gasteiger partial charge in [0.2, 0.25) is 11.8 Å². The van der Waals surface area contributed by atoms with Gasteiger partial charge in [-0.15, -0.1) is 0 Å². The van der Waals surface area contributed by atoms with Gasteiger partial charge < -0.3 is 15.1 Å². The van der Waals surface area contributed by atoms with E-state index in [1.165, 1.54) is 13.1 Å². The standard InChI is InChI=1S/C22H21F2N3O3/c1-25-22(29)21(15-10-11-16(23)17(24)12-15)27-19(28)8-5-9-20-26-13-18(30-20)14-6-3-2-4-7-14/h2-4,6-7,10-13,21H,5,8-9H2,1H3,(H,25,29)(H,27,28). The molecule has 6 nitrogen and oxygen atoms in total. The van der Waals surface area contributed by atoms with Crippen LogP contribution in [0.1, 0.15) is 30.3 Å². The zero-order valence-corrected chi connectivity index (χ0v) is 16.3. The topological polar surface area (TPSA) is 84.2 Å². The number of carbonyl (C=O) groups excluding carboxylic acids is 2. The number of likely N-dealkylation sites (N-methyl/N-ethyl adjacent to an activating group) is 1. The van der Waals surface area contributed by atoms with Crippen LogP contribution < -0.4 is 10.6 Å². The molecular weight excluding hydrogens is 392 g/mol. The Hall–Kier alpha value is -3.55. The van der Waals surface area contributed by atoms with E-state index >= 15 is 0 Å². The van der Waals surface area contributed by atoms with Crippen LogP contribution in [0.3, 0.4) is 0 Å². The van der Waals surface area contributed by atoms with E-state index < -0.39 is 29.5 Å². The largest absolute Gasteiger partial charge is 0.441 e. The highest BCUT2D eigenvalue weighted by Crippen LogP contribution is 2.21. The Morgan fingerprint density at radius 2 is 1.87 bits per heavy atom. The van der Waals surface area contributed by atoms with Crippen LogP contribution in [0.4, 0.5) is 8.78 Å². The lowest BCUT2D eigenvalue weighted by Gasteiger charge is -2.18. The molecule has 2 amide bonds. The molecule has 0 radical (unpaired) electrons. The maximum absolute atomic E-state index is 13.5. The zero-order chi connectivity index (χ0) is 21.5. The van der Waals surface area contributed by atoms with Crippen LogP contribution in [-0.4, -0.2) is 23.8 Å². The molecule has 3 aromatic rings. The van der Waals surface area contributed by atoms with Crippen molar-refractivity contribution in [3.05, 3.63) is 77.8 Å². The van der Waals surface area contributed by atoms with Crippen LogP contribution in [0.5, 0.6) is 0 Å². The number of amides is 2. The third-order valence-electron chi connectivity index (χ3n) is 4.50. The fourth-order valence-corrected chi connectivity index (χ4v) is 2.93. The SMILES string of the molecule is CNC(=O)C(NC(=O)CCCc1ncc(-c2ccccc2)o1)c1ccc(F)c(F)c1. The highest BCUT2D eigenvalue weighted by molar-refractivity contribution is 5.88. The van der Waals surface area contributed by atoms with Crippen molar-refractivity contribution >= 4 is 11.8 Å². The van der Waals surface area contributed by atoms with Crippen LogP contribution in [-0.2, 0) is 16.0 Å². The van der Waals surface area contributed by atoms with Crippen molar-refractivity contribution in [2.45, 2.75) is 25.3 Å². The molecule has 156 valence electrons. The lowest BCUT2D eigenvalue weighted by atomic mass is 10.1. The minimum Gasteiger partial charge on any atom is -0.441 e. The van der Waals surface area contributed by atoms with Crippen LogP contribution in [0.15, 0.2) is 59.1 Å². The lowest BCUT2D eigenvalue weighted by molar-refractivity contribution is -0.129. The number of nitrogens with zero attached hydrogens (tertiary/aromatic N) is 1. The van der Waals surface area contributed by atoms with E-state index in [2.05, 4.69) is 15.6 Å². The van der Waals surface area contributed by atoms with Gasteiger partial charge in [0.05, 0.1) is 6.20 Å². The molecule has 0 saturated carbocycles. The van der Waals surface area contributed by atoms with Crippen LogP contribution in [0.25, 0.3) is 11.3 Å². The maximum Gasteiger partial charge on any atom is 0.246 e. The van der Waals surface area contributed by atoms with E-state index in [4.69, 9.17) is 4.42 Å². The maximum atomic E-state index is 13.5. The summed E-state index contributed by atoms with van der Waals surface area (Å²) in [5.41, 5.74) is 1.07. The predicted octanol–water partition coefficient (Wildman–Crippen LogP) is 3.55. The summed E-state index contributed by atoms with van der Waals surface area (Å²) in [6, 6.07) is 11.5. The van der Waals surface area contributed by atoms with Gasteiger partial charge in [0, 0.05) is 25.5 Å². The monoisotopic (exact) mass is 413 g/mol. The summed E-state index contributed by atoms with van der Waals surface area (Å²) < 4.78 is 32.4. The Bertz CT molecular complexity index is 1020. The van der Waals surface area contributed by atoms with Crippen molar-refractivity contribution < 1.29 is 22.8 Å². The molecule has 2 aromatic carbocycles. The minimum absolute atomic E-state index is 0.111. The van der Waals surface area contributed by atoms with Gasteiger partial charge >= 0.3 is 0 Å². The molecule has 0 aliphatic rings. The van der Waals surface area contributed by atoms with E-state index in [0.29, 0.717) is 24.5 Å². The van der Waals surface area contributed by atoms with Crippen LogP contribution in [0, 0.1) is 11.6 Å². The van der Waals surface area contributed by atoms with E-state index in [0.717, 1.165) is 17.7 Å². The van der Waals surface area contributed by atoms with Gasteiger partial charge in [-0.3, -0.25) is 9.59 Å². The van der Waals surface area contributed by atoms with Gasteiger partial charge in [0.1, 0.15) is 6.04 Å². The fourth-order valence-electron chi connectivity index (χ4n) is 2.93. The molecule has 1 atom stereocenters. The summed E-state index contributed by atoms with van der Waals surface area (Å²) in [7, 11) is 1.40. The second kappa shape index (κ2) is 9.78. The number of carbonyl (C=O) groups is 2. The second-order valence-corrected chi connectivity index (χ2v) is 6.63. The number of hydrogen-bond acceptors (Lipinski definition) is 4. The van der Waals surface area contributed by atoms with Crippen molar-refractivity contribution in [3.8, 4) is 11.3 Å². The fraction of sp³-hybridized carbons (Fsp3) is 0.227. The molecule has 30 heavy (non-hydrogen) atoms. The minimum atomic E-state index is -1.12. The van der Waals surface area contributed by atoms with Gasteiger partial charge in [0.15, 0.2) is 23.3 Å². The molecule has 1 heterocycles. The number of hydrogen-bond donors (Lipinski definition) is 2. The van der Waals surface area contributed by atoms with Crippen LogP contribution in [0.2, 0.25) is 0 Å². The molecule has 0 bridgehead atoms. The van der Waals surface area contributed by atoms with Crippen molar-refractivity contribution in [2.24, 2.45) is 0 Å². The number of aromatic nitrogens is 1. The molecule has 8 heteroatoms. The van der Waals surface area contributed by atoms with Gasteiger partial charge in [-0.1, -0.05) is 36.4 Å². The van der Waals surface area contributed by atoms with Gasteiger partial charge in [0.25, 0.3) is 0 Å². The number of nitrogens with one attached hydrogen (secondary N) is 2. The first-order valence-electron chi connectivity index (χ1n) is 9.44. The second-order valence-electron chi connectivity index (χ2n) is 6.63. The Morgan fingerprint density at radius 3 is 2.57 bits per heavy atom. The number of benzene rings is 2. The van der Waals surface area contributed by atoms with Gasteiger partial charge in [-0.2, -0.15) is 0 Å². The molecule has 3 rings (SSSR count). The smallest absolute Gasteiger partial charge is 0.246 e. The predicted molar refractivity (Wildman–Crippen MR) is 106 cm³/mol. The van der Waals surface area contributed by atoms with E-state index in [1.807, 2.05) is 30.3 Å². The molecule has 1 unspecified atom stereocenters. The molecule has 0 fully saturated rings. The van der Waals surface area contributed by atoms with Crippen molar-refractivity contribution in [2.75, 3.05) is 7.05 Å². The van der Waals surface area contributed by atoms with Crippen molar-refractivity contribution in [3.63, 3.8) is 0 Å². The average molecular weight is 413 g/mol. The normalized spacial score (nSPS) is 11.7. The molecule has 0 aliphatic carbocycles. The Balaban J connectivity index is 1.56. The summed E-state index contributed by atoms with van der Waals surface area (Å²) >= 11 is 0. The summed E-state index contributed by atoms with van der Waals surface area (Å²) in [6.07, 6.45) is 2.63. The third kappa shape index (κ3) is 5.28. The molecule has 1 aromatic heterocycles. The average Bonchev–Trinajstić information content (AvgIpc) is 3.23. The third-order valence-corrected chi connectivity index (χ3v) is 4.50. The van der Waals surface area contributed by atoms with E-state index in [-0.39, 0.29) is 12.0 Å². The van der Waals surface area contributed by atoms with E-state index in [1.54, 1.807) is 6.20 Å². The Labute approximate surface area is 172 Å². The van der Waals surface area contributed by atoms with Gasteiger partial charge in [-0.25, -0.2) is 13.8 Å². The highest BCUT2D eigenvalue weighted by Gasteiger charge is 2.23. The summed E-state index contributed by atoms with van der Waals surface area (Å²) in [6.45, 7) is 0. The quantitative estimate of drug-likeness (QED) is 0.592. The van der Waals surface area contributed by atoms with Crippen LogP contribution >= 0.6 is 0 Å². The Kier molecular flexibility index (Phi) is 6.90. The molecule has 0 saturated heterocycles. The summed E-state index contributed by atoms with van der Waals surface area (Å²) in [4.78, 5) is 28.6. The first-order chi connectivity index (χ1) is 14.5. The Morgan fingerprint density at radius 1 is 1.10 bits per heavy atom. The first-order valence-corrected chi connectivity index (χ1v) is 9.44. The molecular formula is C22H21F2N3O3. The van der Waals surface area contributed by atoms with Crippen molar-refractivity contribution in [1.29, 1.82) is 0 Å². The van der Waals surface area contributed by atoms with E-state index in [9.17, 15) is 18.4 Å². The number of rotatable bonds is 8. The number of oxazole rings is 1. The number of aryl methyl sites for hydroxylation is 1. The van der Waals surface area contributed by atoms with Gasteiger partial charge in [-0.05, 0) is 24.1 Å². The number of halogens is 2. The lowest BCUT2D eigenvalue weighted by Crippen LogP contribution is -2.39. The summed E-state index contributed by atoms with van der Waals surface area (Å²) in [5, 5.41) is 4.97. The van der Waals surface area contributed by atoms with Crippen molar-refractivity contribution in [1.82, 2.24) is 15.6 Å². The summed E-state index contributed by atoms with van der Waals surface area (Å²) in [5.74, 6) is -1.90. The molecule has 0 aliphatic heterocycles. The first kappa shape index (κ1) is 21.2. The highest BCUT2D eigenvalue weighted by atomic mass is 19.2. The molecule has 0 spiro atoms. The zero-order valence-electron chi connectivity index (χ0n) is 16.3. The molecule has 2 N–H and O–H groups in total.